The predicted octanol–water partition coefficient (Wildman–Crippen LogP) is 5.48. The Labute approximate surface area is 213 Å². The minimum Gasteiger partial charge on any atom is -0.495 e. The molecule has 1 heterocycles. The molecule has 0 aliphatic heterocycles. The van der Waals surface area contributed by atoms with E-state index in [-0.39, 0.29) is 17.0 Å². The van der Waals surface area contributed by atoms with Crippen LogP contribution >= 0.6 is 11.3 Å². The van der Waals surface area contributed by atoms with Gasteiger partial charge in [-0.05, 0) is 75.6 Å². The average molecular weight is 522 g/mol. The first-order valence-electron chi connectivity index (χ1n) is 12.9. The van der Waals surface area contributed by atoms with Gasteiger partial charge in [0.25, 0.3) is 0 Å². The van der Waals surface area contributed by atoms with Crippen LogP contribution in [0.4, 0.5) is 5.13 Å². The van der Waals surface area contributed by atoms with Gasteiger partial charge in [0.1, 0.15) is 10.6 Å². The standard InChI is InChI=1S/C26H39N3O4S2/c1-17(15-19-7-5-4-6-8-19)27-26-28-18(2)25(34-26)20-9-14-23(33-3)24(16-20)35(31,32)29-21-10-12-22(30)13-11-21/h9,14,16-17,19,21-22,29-30H,4-8,10-13,15H2,1-3H3,(H,27,28)/t17-,21-,22+/m1/s1. The average Bonchev–Trinajstić information content (AvgIpc) is 3.20. The van der Waals surface area contributed by atoms with Crippen LogP contribution in [0.1, 0.15) is 76.8 Å². The number of anilines is 1. The molecule has 0 bridgehead atoms. The molecule has 2 aromatic rings. The highest BCUT2D eigenvalue weighted by Gasteiger charge is 2.28. The molecular formula is C26H39N3O4S2. The first-order chi connectivity index (χ1) is 16.7. The number of aromatic nitrogens is 1. The van der Waals surface area contributed by atoms with Crippen molar-refractivity contribution in [3.8, 4) is 16.2 Å². The number of rotatable bonds is 9. The van der Waals surface area contributed by atoms with E-state index in [4.69, 9.17) is 9.72 Å². The quantitative estimate of drug-likeness (QED) is 0.404. The lowest BCUT2D eigenvalue weighted by Gasteiger charge is -2.26. The summed E-state index contributed by atoms with van der Waals surface area (Å²) in [6.07, 6.45) is 10.0. The molecule has 35 heavy (non-hydrogen) atoms. The van der Waals surface area contributed by atoms with E-state index in [1.54, 1.807) is 23.5 Å². The highest BCUT2D eigenvalue weighted by molar-refractivity contribution is 7.89. The van der Waals surface area contributed by atoms with Crippen LogP contribution in [0.3, 0.4) is 0 Å². The maximum Gasteiger partial charge on any atom is 0.244 e. The summed E-state index contributed by atoms with van der Waals surface area (Å²) in [7, 11) is -2.30. The zero-order valence-electron chi connectivity index (χ0n) is 21.0. The van der Waals surface area contributed by atoms with E-state index in [0.717, 1.165) is 33.6 Å². The molecule has 2 aliphatic carbocycles. The Kier molecular flexibility index (Phi) is 8.73. The van der Waals surface area contributed by atoms with Gasteiger partial charge in [0, 0.05) is 12.1 Å². The zero-order valence-corrected chi connectivity index (χ0v) is 22.7. The number of nitrogens with one attached hydrogen (secondary N) is 2. The molecular weight excluding hydrogens is 482 g/mol. The summed E-state index contributed by atoms with van der Waals surface area (Å²) < 4.78 is 34.8. The predicted molar refractivity (Wildman–Crippen MR) is 142 cm³/mol. The number of hydrogen-bond acceptors (Lipinski definition) is 7. The van der Waals surface area contributed by atoms with Crippen molar-refractivity contribution >= 4 is 26.5 Å². The van der Waals surface area contributed by atoms with E-state index in [2.05, 4.69) is 17.0 Å². The number of aliphatic hydroxyl groups is 1. The van der Waals surface area contributed by atoms with Crippen molar-refractivity contribution in [2.75, 3.05) is 12.4 Å². The molecule has 1 aromatic carbocycles. The minimum atomic E-state index is -3.78. The number of hydrogen-bond donors (Lipinski definition) is 3. The molecule has 194 valence electrons. The topological polar surface area (TPSA) is 101 Å². The lowest BCUT2D eigenvalue weighted by Crippen LogP contribution is -2.38. The van der Waals surface area contributed by atoms with Gasteiger partial charge in [-0.2, -0.15) is 0 Å². The molecule has 4 rings (SSSR count). The molecule has 9 heteroatoms. The third-order valence-corrected chi connectivity index (χ3v) is 9.99. The number of thiazole rings is 1. The Bertz CT molecular complexity index is 1090. The number of nitrogens with zero attached hydrogens (tertiary/aromatic N) is 1. The van der Waals surface area contributed by atoms with E-state index in [1.165, 1.54) is 39.2 Å². The van der Waals surface area contributed by atoms with E-state index in [1.807, 2.05) is 13.0 Å². The van der Waals surface area contributed by atoms with Gasteiger partial charge in [-0.1, -0.05) is 43.4 Å². The normalized spacial score (nSPS) is 22.6. The molecule has 3 N–H and O–H groups in total. The number of aliphatic hydroxyl groups excluding tert-OH is 1. The number of methoxy groups -OCH3 is 1. The van der Waals surface area contributed by atoms with Crippen LogP contribution in [-0.4, -0.2) is 43.8 Å². The number of benzene rings is 1. The number of ether oxygens (including phenoxy) is 1. The van der Waals surface area contributed by atoms with Crippen LogP contribution in [0.5, 0.6) is 5.75 Å². The van der Waals surface area contributed by atoms with Gasteiger partial charge in [-0.3, -0.25) is 0 Å². The minimum absolute atomic E-state index is 0.136. The van der Waals surface area contributed by atoms with E-state index < -0.39 is 10.0 Å². The fourth-order valence-electron chi connectivity index (χ4n) is 5.42. The van der Waals surface area contributed by atoms with E-state index in [9.17, 15) is 13.5 Å². The number of aryl methyl sites for hydroxylation is 1. The lowest BCUT2D eigenvalue weighted by molar-refractivity contribution is 0.120. The molecule has 0 unspecified atom stereocenters. The lowest BCUT2D eigenvalue weighted by atomic mass is 9.85. The van der Waals surface area contributed by atoms with Gasteiger partial charge in [0.05, 0.1) is 23.8 Å². The van der Waals surface area contributed by atoms with Crippen LogP contribution in [0.25, 0.3) is 10.4 Å². The molecule has 0 saturated heterocycles. The van der Waals surface area contributed by atoms with Gasteiger partial charge >= 0.3 is 0 Å². The van der Waals surface area contributed by atoms with Gasteiger partial charge in [-0.25, -0.2) is 18.1 Å². The van der Waals surface area contributed by atoms with Crippen molar-refractivity contribution in [3.63, 3.8) is 0 Å². The van der Waals surface area contributed by atoms with Crippen LogP contribution in [0, 0.1) is 12.8 Å². The summed E-state index contributed by atoms with van der Waals surface area (Å²) in [5, 5.41) is 14.2. The zero-order chi connectivity index (χ0) is 25.0. The summed E-state index contributed by atoms with van der Waals surface area (Å²) in [6, 6.07) is 5.47. The highest BCUT2D eigenvalue weighted by Crippen LogP contribution is 2.37. The highest BCUT2D eigenvalue weighted by atomic mass is 32.2. The Morgan fingerprint density at radius 2 is 1.86 bits per heavy atom. The summed E-state index contributed by atoms with van der Waals surface area (Å²) >= 11 is 1.57. The van der Waals surface area contributed by atoms with Crippen molar-refractivity contribution in [2.24, 2.45) is 5.92 Å². The monoisotopic (exact) mass is 521 g/mol. The second-order valence-electron chi connectivity index (χ2n) is 10.2. The first-order valence-corrected chi connectivity index (χ1v) is 15.2. The van der Waals surface area contributed by atoms with Gasteiger partial charge in [0.2, 0.25) is 10.0 Å². The summed E-state index contributed by atoms with van der Waals surface area (Å²) in [4.78, 5) is 5.83. The van der Waals surface area contributed by atoms with Crippen molar-refractivity contribution < 1.29 is 18.3 Å². The van der Waals surface area contributed by atoms with Crippen LogP contribution in [0.15, 0.2) is 23.1 Å². The van der Waals surface area contributed by atoms with Crippen molar-refractivity contribution in [3.05, 3.63) is 23.9 Å². The summed E-state index contributed by atoms with van der Waals surface area (Å²) in [5.41, 5.74) is 1.69. The maximum absolute atomic E-state index is 13.3. The van der Waals surface area contributed by atoms with Crippen LogP contribution in [-0.2, 0) is 10.0 Å². The Balaban J connectivity index is 1.51. The maximum atomic E-state index is 13.3. The fourth-order valence-corrected chi connectivity index (χ4v) is 8.00. The van der Waals surface area contributed by atoms with Gasteiger partial charge < -0.3 is 15.2 Å². The first kappa shape index (κ1) is 26.4. The second-order valence-corrected chi connectivity index (χ2v) is 12.9. The molecule has 0 amide bonds. The Morgan fingerprint density at radius 1 is 1.14 bits per heavy atom. The van der Waals surface area contributed by atoms with Gasteiger partial charge in [-0.15, -0.1) is 0 Å². The summed E-state index contributed by atoms with van der Waals surface area (Å²) in [5.74, 6) is 1.11. The third kappa shape index (κ3) is 6.76. The fraction of sp³-hybridized carbons (Fsp3) is 0.654. The number of sulfonamides is 1. The smallest absolute Gasteiger partial charge is 0.244 e. The molecule has 1 atom stereocenters. The van der Waals surface area contributed by atoms with Gasteiger partial charge in [0.15, 0.2) is 5.13 Å². The Morgan fingerprint density at radius 3 is 2.54 bits per heavy atom. The van der Waals surface area contributed by atoms with Crippen molar-refractivity contribution in [1.29, 1.82) is 0 Å². The largest absolute Gasteiger partial charge is 0.495 e. The molecule has 0 spiro atoms. The molecule has 0 radical (unpaired) electrons. The second kappa shape index (κ2) is 11.6. The van der Waals surface area contributed by atoms with E-state index >= 15 is 0 Å². The summed E-state index contributed by atoms with van der Waals surface area (Å²) in [6.45, 7) is 4.19. The SMILES string of the molecule is COc1ccc(-c2sc(N[C@H](C)CC3CCCCC3)nc2C)cc1S(=O)(=O)N[C@H]1CC[C@@H](O)CC1. The molecule has 2 aliphatic rings. The molecule has 2 saturated carbocycles. The molecule has 7 nitrogen and oxygen atoms in total. The van der Waals surface area contributed by atoms with Crippen molar-refractivity contribution in [2.45, 2.75) is 101 Å². The van der Waals surface area contributed by atoms with Crippen molar-refractivity contribution in [1.82, 2.24) is 9.71 Å². The molecule has 2 fully saturated rings. The third-order valence-electron chi connectivity index (χ3n) is 7.31. The van der Waals surface area contributed by atoms with Crippen LogP contribution < -0.4 is 14.8 Å². The Hall–Kier alpha value is -1.68. The van der Waals surface area contributed by atoms with Crippen LogP contribution in [0.2, 0.25) is 0 Å². The van der Waals surface area contributed by atoms with E-state index in [0.29, 0.717) is 37.5 Å². The molecule has 1 aromatic heterocycles.